The molecule has 2 fully saturated rings. The lowest BCUT2D eigenvalue weighted by atomic mass is 9.93. The summed E-state index contributed by atoms with van der Waals surface area (Å²) in [5.41, 5.74) is 1.03. The third kappa shape index (κ3) is 14.0. The largest absolute Gasteiger partial charge is 0.379 e. The van der Waals surface area contributed by atoms with Gasteiger partial charge in [0, 0.05) is 19.5 Å². The number of hydrogen-bond donors (Lipinski definition) is 4. The van der Waals surface area contributed by atoms with Crippen LogP contribution in [0.5, 0.6) is 0 Å². The van der Waals surface area contributed by atoms with Crippen molar-refractivity contribution in [2.45, 2.75) is 103 Å². The van der Waals surface area contributed by atoms with Crippen LogP contribution in [0.15, 0.2) is 60.7 Å². The lowest BCUT2D eigenvalue weighted by Crippen LogP contribution is -2.59. The number of morpholine rings is 1. The van der Waals surface area contributed by atoms with E-state index in [4.69, 9.17) is 9.47 Å². The van der Waals surface area contributed by atoms with Gasteiger partial charge < -0.3 is 30.7 Å². The minimum absolute atomic E-state index is 0.0206. The van der Waals surface area contributed by atoms with Gasteiger partial charge in [0.15, 0.2) is 5.78 Å². The van der Waals surface area contributed by atoms with Crippen molar-refractivity contribution in [2.24, 2.45) is 11.8 Å². The number of ether oxygens (including phenoxy) is 2. The Hall–Kier alpha value is -4.13. The second-order valence-corrected chi connectivity index (χ2v) is 15.4. The first-order valence-corrected chi connectivity index (χ1v) is 19.1. The molecule has 4 N–H and O–H groups in total. The molecule has 2 aromatic rings. The Morgan fingerprint density at radius 1 is 0.698 bits per heavy atom. The van der Waals surface area contributed by atoms with Crippen molar-refractivity contribution < 1.29 is 33.4 Å². The summed E-state index contributed by atoms with van der Waals surface area (Å²) in [6.07, 6.45) is 2.64. The molecule has 2 heterocycles. The topological polar surface area (TPSA) is 158 Å². The predicted molar refractivity (Wildman–Crippen MR) is 203 cm³/mol. The molecule has 2 aromatic carbocycles. The molecule has 12 nitrogen and oxygen atoms in total. The molecule has 4 rings (SSSR count). The van der Waals surface area contributed by atoms with Crippen molar-refractivity contribution in [2.75, 3.05) is 39.5 Å². The van der Waals surface area contributed by atoms with E-state index >= 15 is 0 Å². The number of rotatable bonds is 21. The van der Waals surface area contributed by atoms with Crippen LogP contribution in [0, 0.1) is 11.8 Å². The van der Waals surface area contributed by atoms with Gasteiger partial charge in [-0.1, -0.05) is 88.4 Å². The first-order valence-electron chi connectivity index (χ1n) is 19.1. The zero-order valence-corrected chi connectivity index (χ0v) is 32.0. The van der Waals surface area contributed by atoms with Gasteiger partial charge in [-0.2, -0.15) is 0 Å². The van der Waals surface area contributed by atoms with E-state index in [-0.39, 0.29) is 36.5 Å². The minimum Gasteiger partial charge on any atom is -0.379 e. The van der Waals surface area contributed by atoms with Gasteiger partial charge in [0.25, 0.3) is 0 Å². The molecule has 0 bridgehead atoms. The number of epoxide rings is 1. The van der Waals surface area contributed by atoms with Crippen LogP contribution in [0.1, 0.15) is 71.4 Å². The summed E-state index contributed by atoms with van der Waals surface area (Å²) in [7, 11) is 0. The number of nitrogens with one attached hydrogen (secondary N) is 4. The molecule has 2 aliphatic heterocycles. The molecule has 0 aliphatic carbocycles. The molecule has 290 valence electrons. The van der Waals surface area contributed by atoms with Gasteiger partial charge in [-0.3, -0.25) is 28.9 Å². The predicted octanol–water partition coefficient (Wildman–Crippen LogP) is 2.97. The van der Waals surface area contributed by atoms with Crippen molar-refractivity contribution in [3.63, 3.8) is 0 Å². The lowest BCUT2D eigenvalue weighted by molar-refractivity contribution is -0.135. The third-order valence-corrected chi connectivity index (χ3v) is 9.62. The summed E-state index contributed by atoms with van der Waals surface area (Å²) in [6.45, 7) is 12.4. The van der Waals surface area contributed by atoms with Gasteiger partial charge in [0.2, 0.25) is 23.6 Å². The standard InChI is InChI=1S/C41H59N5O7/c1-28(2)23-33(37(48)41(5)27-53-41)43-40(51)35(25-31-15-10-7-11-16-31)45-39(50)34(24-29(3)4)44-38(49)32(18-12-17-30-13-8-6-9-14-30)42-36(47)26-46-19-21-52-22-20-46/h6-11,13-16,28-29,32-35H,12,17-27H2,1-5H3,(H,42,47)(H,43,51)(H,44,49)(H,45,50)/t32-,33-,34-,35+,41+/m1/s1. The molecule has 0 saturated carbocycles. The Morgan fingerprint density at radius 2 is 1.21 bits per heavy atom. The highest BCUT2D eigenvalue weighted by atomic mass is 16.6. The molecular weight excluding hydrogens is 674 g/mol. The fourth-order valence-electron chi connectivity index (χ4n) is 6.53. The fourth-order valence-corrected chi connectivity index (χ4v) is 6.53. The highest BCUT2D eigenvalue weighted by molar-refractivity contribution is 5.98. The average molecular weight is 734 g/mol. The number of hydrogen-bond acceptors (Lipinski definition) is 8. The molecule has 0 aromatic heterocycles. The van der Waals surface area contributed by atoms with E-state index in [0.29, 0.717) is 58.6 Å². The second-order valence-electron chi connectivity index (χ2n) is 15.4. The van der Waals surface area contributed by atoms with E-state index in [1.807, 2.05) is 93.3 Å². The van der Waals surface area contributed by atoms with Crippen LogP contribution in [0.25, 0.3) is 0 Å². The van der Waals surface area contributed by atoms with Gasteiger partial charge in [0.1, 0.15) is 23.7 Å². The molecular formula is C41H59N5O7. The molecule has 2 aliphatic rings. The van der Waals surface area contributed by atoms with E-state index < -0.39 is 47.5 Å². The van der Waals surface area contributed by atoms with Gasteiger partial charge in [0.05, 0.1) is 32.4 Å². The van der Waals surface area contributed by atoms with Gasteiger partial charge in [-0.15, -0.1) is 0 Å². The summed E-state index contributed by atoms with van der Waals surface area (Å²) in [5, 5.41) is 11.7. The first kappa shape index (κ1) is 41.6. The molecule has 0 unspecified atom stereocenters. The molecule has 53 heavy (non-hydrogen) atoms. The van der Waals surface area contributed by atoms with Crippen LogP contribution in [-0.2, 0) is 46.3 Å². The Kier molecular flexibility index (Phi) is 16.0. The second kappa shape index (κ2) is 20.4. The number of carbonyl (C=O) groups is 5. The van der Waals surface area contributed by atoms with Crippen LogP contribution >= 0.6 is 0 Å². The zero-order valence-electron chi connectivity index (χ0n) is 32.0. The molecule has 0 radical (unpaired) electrons. The third-order valence-electron chi connectivity index (χ3n) is 9.62. The maximum Gasteiger partial charge on any atom is 0.243 e. The Labute approximate surface area is 314 Å². The van der Waals surface area contributed by atoms with Crippen molar-refractivity contribution in [3.05, 3.63) is 71.8 Å². The van der Waals surface area contributed by atoms with Crippen LogP contribution < -0.4 is 21.3 Å². The normalized spacial score (nSPS) is 19.5. The number of aryl methyl sites for hydroxylation is 1. The van der Waals surface area contributed by atoms with Crippen LogP contribution in [-0.4, -0.2) is 104 Å². The maximum absolute atomic E-state index is 14.1. The number of carbonyl (C=O) groups excluding carboxylic acids is 5. The highest BCUT2D eigenvalue weighted by Gasteiger charge is 2.50. The monoisotopic (exact) mass is 733 g/mol. The zero-order chi connectivity index (χ0) is 38.4. The minimum atomic E-state index is -1.03. The summed E-state index contributed by atoms with van der Waals surface area (Å²) in [6, 6.07) is 15.6. The average Bonchev–Trinajstić information content (AvgIpc) is 3.88. The summed E-state index contributed by atoms with van der Waals surface area (Å²) < 4.78 is 10.8. The number of nitrogens with zero attached hydrogens (tertiary/aromatic N) is 1. The number of benzene rings is 2. The van der Waals surface area contributed by atoms with Gasteiger partial charge in [-0.05, 0) is 62.0 Å². The summed E-state index contributed by atoms with van der Waals surface area (Å²) in [5.74, 6) is -1.79. The van der Waals surface area contributed by atoms with E-state index in [2.05, 4.69) is 21.3 Å². The Morgan fingerprint density at radius 3 is 1.79 bits per heavy atom. The van der Waals surface area contributed by atoms with E-state index in [9.17, 15) is 24.0 Å². The van der Waals surface area contributed by atoms with Crippen LogP contribution in [0.2, 0.25) is 0 Å². The van der Waals surface area contributed by atoms with Gasteiger partial charge >= 0.3 is 0 Å². The maximum atomic E-state index is 14.1. The summed E-state index contributed by atoms with van der Waals surface area (Å²) >= 11 is 0. The fraction of sp³-hybridized carbons (Fsp3) is 0.585. The van der Waals surface area contributed by atoms with Crippen molar-refractivity contribution >= 4 is 29.4 Å². The Balaban J connectivity index is 1.50. The number of Topliss-reactive ketones (excluding diaryl/α,β-unsaturated/α-hetero) is 1. The van der Waals surface area contributed by atoms with E-state index in [0.717, 1.165) is 17.5 Å². The first-order chi connectivity index (χ1) is 25.3. The highest BCUT2D eigenvalue weighted by Crippen LogP contribution is 2.29. The van der Waals surface area contributed by atoms with E-state index in [1.54, 1.807) is 6.92 Å². The Bertz CT molecular complexity index is 1490. The van der Waals surface area contributed by atoms with Crippen LogP contribution in [0.3, 0.4) is 0 Å². The van der Waals surface area contributed by atoms with Crippen molar-refractivity contribution in [1.82, 2.24) is 26.2 Å². The quantitative estimate of drug-likeness (QED) is 0.143. The van der Waals surface area contributed by atoms with Crippen LogP contribution in [0.4, 0.5) is 0 Å². The molecule has 5 atom stereocenters. The molecule has 0 spiro atoms. The van der Waals surface area contributed by atoms with E-state index in [1.165, 1.54) is 0 Å². The summed E-state index contributed by atoms with van der Waals surface area (Å²) in [4.78, 5) is 70.6. The van der Waals surface area contributed by atoms with Gasteiger partial charge in [-0.25, -0.2) is 0 Å². The number of amides is 4. The van der Waals surface area contributed by atoms with Crippen molar-refractivity contribution in [3.8, 4) is 0 Å². The molecule has 2 saturated heterocycles. The van der Waals surface area contributed by atoms with Crippen molar-refractivity contribution in [1.29, 1.82) is 0 Å². The molecule has 12 heteroatoms. The lowest BCUT2D eigenvalue weighted by Gasteiger charge is -2.29. The smallest absolute Gasteiger partial charge is 0.243 e. The SMILES string of the molecule is CC(C)C[C@@H](NC(=O)[C@@H](CCCc1ccccc1)NC(=O)CN1CCOCC1)C(=O)N[C@@H](Cc1ccccc1)C(=O)N[C@H](CC(C)C)C(=O)[C@]1(C)CO1. The number of ketones is 1. The molecule has 4 amide bonds.